The van der Waals surface area contributed by atoms with Crippen molar-refractivity contribution in [2.45, 2.75) is 13.8 Å². The van der Waals surface area contributed by atoms with Gasteiger partial charge in [0.15, 0.2) is 0 Å². The number of hydrogen-bond donors (Lipinski definition) is 0. The second kappa shape index (κ2) is 3.76. The fourth-order valence-corrected chi connectivity index (χ4v) is 1.07. The van der Waals surface area contributed by atoms with Gasteiger partial charge in [0.05, 0.1) is 0 Å². The summed E-state index contributed by atoms with van der Waals surface area (Å²) >= 11 is 0. The molecule has 0 unspecified atom stereocenters. The third-order valence-electron chi connectivity index (χ3n) is 1.28. The Kier molecular flexibility index (Phi) is 3.64. The van der Waals surface area contributed by atoms with Crippen molar-refractivity contribution in [3.63, 3.8) is 0 Å². The minimum absolute atomic E-state index is 0. The van der Waals surface area contributed by atoms with Gasteiger partial charge in [-0.15, -0.1) is 11.1 Å². The summed E-state index contributed by atoms with van der Waals surface area (Å²) in [6.45, 7) is 8.01. The Bertz CT molecular complexity index is 165. The van der Waals surface area contributed by atoms with Crippen LogP contribution in [0.1, 0.15) is 16.7 Å². The maximum absolute atomic E-state index is 3.84. The molecule has 0 aliphatic carbocycles. The molecular formula is C9H11Li. The summed E-state index contributed by atoms with van der Waals surface area (Å²) in [4.78, 5) is 0. The second-order valence-electron chi connectivity index (χ2n) is 2.50. The van der Waals surface area contributed by atoms with Crippen LogP contribution in [0.25, 0.3) is 0 Å². The topological polar surface area (TPSA) is 0 Å². The minimum Gasteiger partial charge on any atom is -0.199 e. The molecule has 0 aliphatic heterocycles. The van der Waals surface area contributed by atoms with Crippen LogP contribution in [0.2, 0.25) is 0 Å². The van der Waals surface area contributed by atoms with Gasteiger partial charge in [-0.05, 0) is 0 Å². The molecule has 0 aliphatic rings. The molecule has 0 amide bonds. The Hall–Kier alpha value is -0.313. The summed E-state index contributed by atoms with van der Waals surface area (Å²) < 4.78 is 0. The van der Waals surface area contributed by atoms with Crippen molar-refractivity contribution in [3.05, 3.63) is 41.8 Å². The van der Waals surface area contributed by atoms with Crippen molar-refractivity contribution in [1.82, 2.24) is 0 Å². The van der Waals surface area contributed by atoms with E-state index in [2.05, 4.69) is 39.0 Å². The maximum Gasteiger partial charge on any atom is 1.00 e. The predicted octanol–water partition coefficient (Wildman–Crippen LogP) is -0.510. The van der Waals surface area contributed by atoms with Gasteiger partial charge in [-0.25, -0.2) is 0 Å². The summed E-state index contributed by atoms with van der Waals surface area (Å²) in [6, 6.07) is 6.30. The zero-order valence-electron chi connectivity index (χ0n) is 6.94. The first-order valence-corrected chi connectivity index (χ1v) is 3.09. The molecule has 48 valence electrons. The Morgan fingerprint density at radius 2 is 1.40 bits per heavy atom. The molecule has 0 heterocycles. The average molecular weight is 126 g/mol. The number of aryl methyl sites for hydroxylation is 2. The smallest absolute Gasteiger partial charge is 0.199 e. The maximum atomic E-state index is 3.84. The van der Waals surface area contributed by atoms with Crippen molar-refractivity contribution in [2.75, 3.05) is 0 Å². The zero-order valence-corrected chi connectivity index (χ0v) is 6.94. The third-order valence-corrected chi connectivity index (χ3v) is 1.28. The molecule has 1 rings (SSSR count). The first-order valence-electron chi connectivity index (χ1n) is 3.09. The van der Waals surface area contributed by atoms with Crippen LogP contribution in [0.5, 0.6) is 0 Å². The van der Waals surface area contributed by atoms with E-state index in [0.717, 1.165) is 5.56 Å². The summed E-state index contributed by atoms with van der Waals surface area (Å²) in [5, 5.41) is 0. The second-order valence-corrected chi connectivity index (χ2v) is 2.50. The summed E-state index contributed by atoms with van der Waals surface area (Å²) in [5.74, 6) is 0. The molecule has 1 heteroatoms. The molecule has 0 aromatic heterocycles. The van der Waals surface area contributed by atoms with E-state index in [1.165, 1.54) is 11.1 Å². The third kappa shape index (κ3) is 2.52. The van der Waals surface area contributed by atoms with Gasteiger partial charge in [0, 0.05) is 0 Å². The van der Waals surface area contributed by atoms with Gasteiger partial charge < -0.3 is 0 Å². The van der Waals surface area contributed by atoms with Crippen molar-refractivity contribution < 1.29 is 18.9 Å². The molecule has 1 aromatic rings. The molecule has 0 saturated carbocycles. The standard InChI is InChI=1S/C9H11.Li/c1-7-4-8(2)6-9(3)5-7;/h4-6H,1H2,2-3H3;/q-1;+1. The average Bonchev–Trinajstić information content (AvgIpc) is 1.59. The molecule has 10 heavy (non-hydrogen) atoms. The van der Waals surface area contributed by atoms with E-state index in [1.54, 1.807) is 0 Å². The van der Waals surface area contributed by atoms with Crippen molar-refractivity contribution in [3.8, 4) is 0 Å². The molecule has 0 saturated heterocycles. The van der Waals surface area contributed by atoms with Gasteiger partial charge in [0.2, 0.25) is 0 Å². The molecule has 0 nitrogen and oxygen atoms in total. The molecular weight excluding hydrogens is 115 g/mol. The van der Waals surface area contributed by atoms with E-state index < -0.39 is 0 Å². The molecule has 1 aromatic carbocycles. The summed E-state index contributed by atoms with van der Waals surface area (Å²) in [7, 11) is 0. The van der Waals surface area contributed by atoms with Crippen LogP contribution in [0, 0.1) is 20.8 Å². The first-order chi connectivity index (χ1) is 4.18. The van der Waals surface area contributed by atoms with Crippen LogP contribution in [-0.4, -0.2) is 0 Å². The molecule has 0 fully saturated rings. The largest absolute Gasteiger partial charge is 1.00 e. The van der Waals surface area contributed by atoms with E-state index in [9.17, 15) is 0 Å². The van der Waals surface area contributed by atoms with Gasteiger partial charge in [0.25, 0.3) is 0 Å². The summed E-state index contributed by atoms with van der Waals surface area (Å²) in [6.07, 6.45) is 0. The first kappa shape index (κ1) is 9.69. The Morgan fingerprint density at radius 1 is 1.00 bits per heavy atom. The van der Waals surface area contributed by atoms with Crippen molar-refractivity contribution >= 4 is 0 Å². The van der Waals surface area contributed by atoms with Crippen LogP contribution in [-0.2, 0) is 0 Å². The van der Waals surface area contributed by atoms with E-state index in [4.69, 9.17) is 0 Å². The normalized spacial score (nSPS) is 8.60. The molecule has 0 spiro atoms. The van der Waals surface area contributed by atoms with Crippen LogP contribution in [0.3, 0.4) is 0 Å². The Balaban J connectivity index is 0.000000810. The van der Waals surface area contributed by atoms with E-state index in [0.29, 0.717) is 0 Å². The van der Waals surface area contributed by atoms with Gasteiger partial charge in [-0.2, -0.15) is 24.6 Å². The van der Waals surface area contributed by atoms with E-state index in [-0.39, 0.29) is 18.9 Å². The van der Waals surface area contributed by atoms with Gasteiger partial charge in [-0.1, -0.05) is 19.9 Å². The van der Waals surface area contributed by atoms with Crippen molar-refractivity contribution in [2.24, 2.45) is 0 Å². The summed E-state index contributed by atoms with van der Waals surface area (Å²) in [5.41, 5.74) is 3.69. The van der Waals surface area contributed by atoms with Crippen LogP contribution in [0.15, 0.2) is 18.2 Å². The fourth-order valence-electron chi connectivity index (χ4n) is 1.07. The minimum atomic E-state index is 0. The number of hydrogen-bond acceptors (Lipinski definition) is 0. The van der Waals surface area contributed by atoms with Gasteiger partial charge >= 0.3 is 18.9 Å². The molecule has 0 N–H and O–H groups in total. The predicted molar refractivity (Wildman–Crippen MR) is 40.4 cm³/mol. The van der Waals surface area contributed by atoms with E-state index in [1.807, 2.05) is 0 Å². The van der Waals surface area contributed by atoms with Crippen LogP contribution >= 0.6 is 0 Å². The quantitative estimate of drug-likeness (QED) is 0.324. The SMILES string of the molecule is [CH2-]c1cc(C)cc(C)c1.[Li+]. The Labute approximate surface area is 74.8 Å². The van der Waals surface area contributed by atoms with Crippen molar-refractivity contribution in [1.29, 1.82) is 0 Å². The van der Waals surface area contributed by atoms with Gasteiger partial charge in [0.1, 0.15) is 0 Å². The zero-order chi connectivity index (χ0) is 6.85. The molecule has 0 atom stereocenters. The van der Waals surface area contributed by atoms with E-state index >= 15 is 0 Å². The van der Waals surface area contributed by atoms with Crippen LogP contribution in [0.4, 0.5) is 0 Å². The number of benzene rings is 1. The Morgan fingerprint density at radius 3 is 1.70 bits per heavy atom. The molecule has 0 radical (unpaired) electrons. The van der Waals surface area contributed by atoms with Crippen LogP contribution < -0.4 is 18.9 Å². The van der Waals surface area contributed by atoms with Gasteiger partial charge in [-0.3, -0.25) is 0 Å². The fraction of sp³-hybridized carbons (Fsp3) is 0.222. The molecule has 0 bridgehead atoms. The number of rotatable bonds is 0. The monoisotopic (exact) mass is 126 g/mol.